The van der Waals surface area contributed by atoms with Gasteiger partial charge >= 0.3 is 0 Å². The molecule has 1 aromatic heterocycles. The first-order valence-electron chi connectivity index (χ1n) is 9.07. The number of aliphatic imine (C=N–C) groups is 1. The first-order chi connectivity index (χ1) is 12.8. The predicted molar refractivity (Wildman–Crippen MR) is 104 cm³/mol. The van der Waals surface area contributed by atoms with Gasteiger partial charge in [-0.15, -0.1) is 0 Å². The lowest BCUT2D eigenvalue weighted by Crippen LogP contribution is -2.38. The number of ether oxygens (including phenoxy) is 2. The summed E-state index contributed by atoms with van der Waals surface area (Å²) in [4.78, 5) is 4.58. The lowest BCUT2D eigenvalue weighted by atomic mass is 10.1. The number of hydrogen-bond donors (Lipinski definition) is 2. The Balaban J connectivity index is 1.65. The Kier molecular flexibility index (Phi) is 9.14. The average Bonchev–Trinajstić information content (AvgIpc) is 3.18. The van der Waals surface area contributed by atoms with Crippen molar-refractivity contribution in [2.75, 3.05) is 33.4 Å². The molecule has 0 bridgehead atoms. The zero-order valence-electron chi connectivity index (χ0n) is 15.7. The molecule has 1 heterocycles. The molecule has 6 heteroatoms. The van der Waals surface area contributed by atoms with Crippen LogP contribution in [0.15, 0.2) is 52.1 Å². The molecule has 0 fully saturated rings. The topological polar surface area (TPSA) is 68.0 Å². The highest BCUT2D eigenvalue weighted by Gasteiger charge is 2.00. The standard InChI is InChI=1S/C20H29N3O3/c1-3-21-20(22-11-6-13-25-16-19-9-5-14-26-19)23-12-10-17-7-4-8-18(15-17)24-2/h4-5,7-9,14-15H,3,6,10-13,16H2,1-2H3,(H2,21,22,23). The van der Waals surface area contributed by atoms with Crippen molar-refractivity contribution < 1.29 is 13.9 Å². The third-order valence-electron chi connectivity index (χ3n) is 3.73. The van der Waals surface area contributed by atoms with E-state index in [2.05, 4.69) is 34.7 Å². The molecule has 142 valence electrons. The molecule has 0 unspecified atom stereocenters. The second kappa shape index (κ2) is 12.0. The van der Waals surface area contributed by atoms with E-state index in [1.54, 1.807) is 13.4 Å². The van der Waals surface area contributed by atoms with E-state index in [0.717, 1.165) is 43.4 Å². The Labute approximate surface area is 155 Å². The molecule has 2 N–H and O–H groups in total. The van der Waals surface area contributed by atoms with E-state index in [4.69, 9.17) is 13.9 Å². The number of furan rings is 1. The second-order valence-corrected chi connectivity index (χ2v) is 5.77. The van der Waals surface area contributed by atoms with Crippen molar-refractivity contribution >= 4 is 5.96 Å². The summed E-state index contributed by atoms with van der Waals surface area (Å²) in [5.74, 6) is 2.57. The summed E-state index contributed by atoms with van der Waals surface area (Å²) in [6, 6.07) is 11.9. The largest absolute Gasteiger partial charge is 0.497 e. The molecule has 0 atom stereocenters. The summed E-state index contributed by atoms with van der Waals surface area (Å²) >= 11 is 0. The lowest BCUT2D eigenvalue weighted by Gasteiger charge is -2.11. The van der Waals surface area contributed by atoms with Crippen LogP contribution in [-0.4, -0.2) is 39.3 Å². The van der Waals surface area contributed by atoms with Gasteiger partial charge in [0.1, 0.15) is 18.1 Å². The molecule has 0 saturated heterocycles. The molecular weight excluding hydrogens is 330 g/mol. The Morgan fingerprint density at radius 2 is 2.12 bits per heavy atom. The third kappa shape index (κ3) is 7.61. The molecule has 0 aliphatic rings. The van der Waals surface area contributed by atoms with Gasteiger partial charge < -0.3 is 24.5 Å². The summed E-state index contributed by atoms with van der Waals surface area (Å²) in [7, 11) is 1.69. The van der Waals surface area contributed by atoms with E-state index in [-0.39, 0.29) is 0 Å². The molecule has 0 spiro atoms. The highest BCUT2D eigenvalue weighted by molar-refractivity contribution is 5.79. The molecule has 6 nitrogen and oxygen atoms in total. The number of nitrogens with one attached hydrogen (secondary N) is 2. The molecule has 1 aromatic carbocycles. The number of benzene rings is 1. The predicted octanol–water partition coefficient (Wildman–Crippen LogP) is 2.99. The summed E-state index contributed by atoms with van der Waals surface area (Å²) in [6.45, 7) is 5.59. The van der Waals surface area contributed by atoms with Crippen molar-refractivity contribution in [2.45, 2.75) is 26.4 Å². The average molecular weight is 359 g/mol. The summed E-state index contributed by atoms with van der Waals surface area (Å²) in [5, 5.41) is 6.63. The normalized spacial score (nSPS) is 11.4. The van der Waals surface area contributed by atoms with E-state index in [9.17, 15) is 0 Å². The maximum atomic E-state index is 5.56. The fourth-order valence-electron chi connectivity index (χ4n) is 2.42. The molecule has 0 amide bonds. The van der Waals surface area contributed by atoms with Gasteiger partial charge in [-0.2, -0.15) is 0 Å². The van der Waals surface area contributed by atoms with Gasteiger partial charge in [0.05, 0.1) is 13.4 Å². The van der Waals surface area contributed by atoms with E-state index in [0.29, 0.717) is 19.8 Å². The number of rotatable bonds is 11. The van der Waals surface area contributed by atoms with Crippen LogP contribution in [0.1, 0.15) is 24.7 Å². The molecule has 26 heavy (non-hydrogen) atoms. The maximum Gasteiger partial charge on any atom is 0.191 e. The van der Waals surface area contributed by atoms with Gasteiger partial charge in [-0.25, -0.2) is 0 Å². The SMILES string of the molecule is CCNC(=NCCCOCc1ccco1)NCCc1cccc(OC)c1. The van der Waals surface area contributed by atoms with Gasteiger partial charge in [-0.05, 0) is 49.6 Å². The molecule has 2 rings (SSSR count). The Hall–Kier alpha value is -2.47. The number of hydrogen-bond acceptors (Lipinski definition) is 4. The van der Waals surface area contributed by atoms with Crippen LogP contribution in [0.25, 0.3) is 0 Å². The van der Waals surface area contributed by atoms with Crippen LogP contribution < -0.4 is 15.4 Å². The minimum atomic E-state index is 0.509. The van der Waals surface area contributed by atoms with Crippen LogP contribution in [0.3, 0.4) is 0 Å². The molecule has 2 aromatic rings. The summed E-state index contributed by atoms with van der Waals surface area (Å²) in [6.07, 6.45) is 3.43. The molecule has 0 saturated carbocycles. The number of nitrogens with zero attached hydrogens (tertiary/aromatic N) is 1. The Morgan fingerprint density at radius 1 is 1.19 bits per heavy atom. The van der Waals surface area contributed by atoms with Crippen molar-refractivity contribution in [3.05, 3.63) is 54.0 Å². The monoisotopic (exact) mass is 359 g/mol. The van der Waals surface area contributed by atoms with Crippen LogP contribution in [0.5, 0.6) is 5.75 Å². The Bertz CT molecular complexity index is 642. The van der Waals surface area contributed by atoms with Crippen molar-refractivity contribution in [3.63, 3.8) is 0 Å². The molecule has 0 radical (unpaired) electrons. The summed E-state index contributed by atoms with van der Waals surface area (Å²) in [5.41, 5.74) is 1.24. The third-order valence-corrected chi connectivity index (χ3v) is 3.73. The molecular formula is C20H29N3O3. The number of guanidine groups is 1. The van der Waals surface area contributed by atoms with Gasteiger partial charge in [-0.1, -0.05) is 12.1 Å². The lowest BCUT2D eigenvalue weighted by molar-refractivity contribution is 0.105. The quantitative estimate of drug-likeness (QED) is 0.367. The molecule has 0 aliphatic carbocycles. The first kappa shape index (κ1) is 19.8. The minimum Gasteiger partial charge on any atom is -0.497 e. The van der Waals surface area contributed by atoms with Crippen molar-refractivity contribution in [1.82, 2.24) is 10.6 Å². The van der Waals surface area contributed by atoms with E-state index >= 15 is 0 Å². The van der Waals surface area contributed by atoms with Gasteiger partial charge in [0, 0.05) is 26.2 Å². The van der Waals surface area contributed by atoms with E-state index in [1.165, 1.54) is 5.56 Å². The Morgan fingerprint density at radius 3 is 2.88 bits per heavy atom. The van der Waals surface area contributed by atoms with Crippen LogP contribution in [0, 0.1) is 0 Å². The van der Waals surface area contributed by atoms with E-state index in [1.807, 2.05) is 24.3 Å². The van der Waals surface area contributed by atoms with Crippen molar-refractivity contribution in [3.8, 4) is 5.75 Å². The number of methoxy groups -OCH3 is 1. The van der Waals surface area contributed by atoms with Crippen LogP contribution in [0.4, 0.5) is 0 Å². The zero-order chi connectivity index (χ0) is 18.5. The van der Waals surface area contributed by atoms with Crippen molar-refractivity contribution in [2.24, 2.45) is 4.99 Å². The van der Waals surface area contributed by atoms with E-state index < -0.39 is 0 Å². The van der Waals surface area contributed by atoms with Gasteiger partial charge in [0.25, 0.3) is 0 Å². The van der Waals surface area contributed by atoms with Gasteiger partial charge in [0.15, 0.2) is 5.96 Å². The van der Waals surface area contributed by atoms with Crippen LogP contribution in [0.2, 0.25) is 0 Å². The van der Waals surface area contributed by atoms with Crippen LogP contribution in [-0.2, 0) is 17.8 Å². The highest BCUT2D eigenvalue weighted by Crippen LogP contribution is 2.12. The zero-order valence-corrected chi connectivity index (χ0v) is 15.7. The van der Waals surface area contributed by atoms with Crippen molar-refractivity contribution in [1.29, 1.82) is 0 Å². The maximum absolute atomic E-state index is 5.56. The minimum absolute atomic E-state index is 0.509. The van der Waals surface area contributed by atoms with Gasteiger partial charge in [0.2, 0.25) is 0 Å². The fourth-order valence-corrected chi connectivity index (χ4v) is 2.42. The summed E-state index contributed by atoms with van der Waals surface area (Å²) < 4.78 is 16.0. The van der Waals surface area contributed by atoms with Gasteiger partial charge in [-0.3, -0.25) is 4.99 Å². The highest BCUT2D eigenvalue weighted by atomic mass is 16.5. The fraction of sp³-hybridized carbons (Fsp3) is 0.450. The first-order valence-corrected chi connectivity index (χ1v) is 9.07. The van der Waals surface area contributed by atoms with Crippen LogP contribution >= 0.6 is 0 Å². The smallest absolute Gasteiger partial charge is 0.191 e. The molecule has 0 aliphatic heterocycles. The second-order valence-electron chi connectivity index (χ2n) is 5.77.